The zero-order chi connectivity index (χ0) is 14.5. The van der Waals surface area contributed by atoms with Gasteiger partial charge in [-0.1, -0.05) is 41.9 Å². The van der Waals surface area contributed by atoms with Crippen molar-refractivity contribution in [2.45, 2.75) is 18.4 Å². The van der Waals surface area contributed by atoms with Gasteiger partial charge in [-0.3, -0.25) is 4.79 Å². The van der Waals surface area contributed by atoms with E-state index < -0.39 is 0 Å². The molecule has 0 radical (unpaired) electrons. The number of hydrogen-bond acceptors (Lipinski definition) is 3. The lowest BCUT2D eigenvalue weighted by molar-refractivity contribution is 0.101. The molecule has 0 spiro atoms. The maximum absolute atomic E-state index is 11.4. The molecule has 0 aliphatic heterocycles. The van der Waals surface area contributed by atoms with Crippen LogP contribution in [-0.2, 0) is 11.5 Å². The van der Waals surface area contributed by atoms with Crippen LogP contribution in [0.2, 0.25) is 5.02 Å². The Morgan fingerprint density at radius 3 is 2.55 bits per heavy atom. The smallest absolute Gasteiger partial charge is 0.163 e. The maximum Gasteiger partial charge on any atom is 0.163 e. The van der Waals surface area contributed by atoms with E-state index in [1.807, 2.05) is 18.2 Å². The Kier molecular flexibility index (Phi) is 5.10. The van der Waals surface area contributed by atoms with Gasteiger partial charge in [-0.2, -0.15) is 11.8 Å². The molecule has 0 aromatic heterocycles. The summed E-state index contributed by atoms with van der Waals surface area (Å²) in [6.45, 7) is 1.42. The molecule has 0 atom stereocenters. The van der Waals surface area contributed by atoms with Crippen molar-refractivity contribution >= 4 is 29.1 Å². The molecule has 0 saturated carbocycles. The van der Waals surface area contributed by atoms with Crippen LogP contribution in [0.3, 0.4) is 0 Å². The molecule has 0 heterocycles. The Labute approximate surface area is 127 Å². The van der Waals surface area contributed by atoms with Gasteiger partial charge in [-0.25, -0.2) is 0 Å². The molecule has 0 fully saturated rings. The van der Waals surface area contributed by atoms with Gasteiger partial charge in [0.2, 0.25) is 0 Å². The lowest BCUT2D eigenvalue weighted by atomic mass is 10.1. The van der Waals surface area contributed by atoms with Crippen LogP contribution in [0.5, 0.6) is 5.75 Å². The molecule has 2 rings (SSSR count). The molecule has 104 valence electrons. The van der Waals surface area contributed by atoms with Crippen LogP contribution in [0.25, 0.3) is 0 Å². The SMILES string of the molecule is CC(=O)c1cc(Cl)cc(CSCc2ccccc2)c1O. The van der Waals surface area contributed by atoms with Gasteiger partial charge in [-0.15, -0.1) is 0 Å². The largest absolute Gasteiger partial charge is 0.507 e. The Balaban J connectivity index is 2.08. The van der Waals surface area contributed by atoms with Crippen molar-refractivity contribution in [2.75, 3.05) is 0 Å². The van der Waals surface area contributed by atoms with Gasteiger partial charge in [0.25, 0.3) is 0 Å². The molecule has 2 aromatic carbocycles. The topological polar surface area (TPSA) is 37.3 Å². The number of aromatic hydroxyl groups is 1. The first-order valence-corrected chi connectivity index (χ1v) is 7.75. The Morgan fingerprint density at radius 1 is 1.20 bits per heavy atom. The predicted octanol–water partition coefficient (Wildman–Crippen LogP) is 4.68. The van der Waals surface area contributed by atoms with E-state index in [-0.39, 0.29) is 17.1 Å². The van der Waals surface area contributed by atoms with Crippen LogP contribution in [0.1, 0.15) is 28.4 Å². The second kappa shape index (κ2) is 6.82. The van der Waals surface area contributed by atoms with E-state index in [0.29, 0.717) is 16.3 Å². The van der Waals surface area contributed by atoms with Crippen LogP contribution in [-0.4, -0.2) is 10.9 Å². The minimum absolute atomic E-state index is 0.0439. The monoisotopic (exact) mass is 306 g/mol. The van der Waals surface area contributed by atoms with Gasteiger partial charge in [0.15, 0.2) is 5.78 Å². The number of hydrogen-bond donors (Lipinski definition) is 1. The minimum Gasteiger partial charge on any atom is -0.507 e. The molecule has 2 nitrogen and oxygen atoms in total. The van der Waals surface area contributed by atoms with E-state index in [4.69, 9.17) is 11.6 Å². The average Bonchev–Trinajstić information content (AvgIpc) is 2.43. The highest BCUT2D eigenvalue weighted by atomic mass is 35.5. The van der Waals surface area contributed by atoms with Crippen LogP contribution in [0.15, 0.2) is 42.5 Å². The van der Waals surface area contributed by atoms with Crippen molar-refractivity contribution in [2.24, 2.45) is 0 Å². The van der Waals surface area contributed by atoms with E-state index in [0.717, 1.165) is 5.75 Å². The first kappa shape index (κ1) is 14.9. The number of rotatable bonds is 5. The van der Waals surface area contributed by atoms with Gasteiger partial charge < -0.3 is 5.11 Å². The van der Waals surface area contributed by atoms with Gasteiger partial charge in [0.05, 0.1) is 5.56 Å². The summed E-state index contributed by atoms with van der Waals surface area (Å²) in [7, 11) is 0. The predicted molar refractivity (Wildman–Crippen MR) is 84.6 cm³/mol. The summed E-state index contributed by atoms with van der Waals surface area (Å²) in [4.78, 5) is 11.4. The van der Waals surface area contributed by atoms with Crippen LogP contribution >= 0.6 is 23.4 Å². The molecule has 4 heteroatoms. The Bertz CT molecular complexity index is 611. The van der Waals surface area contributed by atoms with Crippen molar-refractivity contribution in [3.8, 4) is 5.75 Å². The summed E-state index contributed by atoms with van der Waals surface area (Å²) >= 11 is 7.66. The molecule has 0 aliphatic rings. The van der Waals surface area contributed by atoms with Crippen LogP contribution < -0.4 is 0 Å². The third-order valence-electron chi connectivity index (χ3n) is 2.90. The van der Waals surface area contributed by atoms with Crippen LogP contribution in [0.4, 0.5) is 0 Å². The van der Waals surface area contributed by atoms with E-state index in [2.05, 4.69) is 12.1 Å². The second-order valence-electron chi connectivity index (χ2n) is 4.50. The van der Waals surface area contributed by atoms with Crippen molar-refractivity contribution in [3.05, 3.63) is 64.2 Å². The summed E-state index contributed by atoms with van der Waals surface area (Å²) in [5, 5.41) is 10.6. The van der Waals surface area contributed by atoms with E-state index in [9.17, 15) is 9.90 Å². The number of phenols is 1. The molecule has 0 amide bonds. The number of ketones is 1. The minimum atomic E-state index is -0.181. The number of benzene rings is 2. The van der Waals surface area contributed by atoms with Gasteiger partial charge in [0, 0.05) is 22.1 Å². The molecule has 2 aromatic rings. The normalized spacial score (nSPS) is 10.5. The van der Waals surface area contributed by atoms with Gasteiger partial charge in [-0.05, 0) is 24.6 Å². The summed E-state index contributed by atoms with van der Waals surface area (Å²) in [5.74, 6) is 1.32. The summed E-state index contributed by atoms with van der Waals surface area (Å²) < 4.78 is 0. The van der Waals surface area contributed by atoms with E-state index >= 15 is 0 Å². The number of halogens is 1. The van der Waals surface area contributed by atoms with Gasteiger partial charge >= 0.3 is 0 Å². The summed E-state index contributed by atoms with van der Waals surface area (Å²) in [6.07, 6.45) is 0. The molecule has 0 aliphatic carbocycles. The van der Waals surface area contributed by atoms with Crippen molar-refractivity contribution in [3.63, 3.8) is 0 Å². The Morgan fingerprint density at radius 2 is 1.90 bits per heavy atom. The van der Waals surface area contributed by atoms with Crippen LogP contribution in [0, 0.1) is 0 Å². The highest BCUT2D eigenvalue weighted by molar-refractivity contribution is 7.97. The quantitative estimate of drug-likeness (QED) is 0.815. The second-order valence-corrected chi connectivity index (χ2v) is 5.92. The summed E-state index contributed by atoms with van der Waals surface area (Å²) in [5.41, 5.74) is 2.21. The Hall–Kier alpha value is -1.45. The molecular formula is C16H15ClO2S. The van der Waals surface area contributed by atoms with Crippen molar-refractivity contribution in [1.82, 2.24) is 0 Å². The third kappa shape index (κ3) is 3.78. The van der Waals surface area contributed by atoms with Crippen molar-refractivity contribution < 1.29 is 9.90 Å². The highest BCUT2D eigenvalue weighted by Crippen LogP contribution is 2.31. The first-order valence-electron chi connectivity index (χ1n) is 6.22. The first-order chi connectivity index (χ1) is 9.58. The fraction of sp³-hybridized carbons (Fsp3) is 0.188. The fourth-order valence-electron chi connectivity index (χ4n) is 1.89. The average molecular weight is 307 g/mol. The molecule has 0 saturated heterocycles. The van der Waals surface area contributed by atoms with E-state index in [1.165, 1.54) is 18.6 Å². The van der Waals surface area contributed by atoms with Crippen molar-refractivity contribution in [1.29, 1.82) is 0 Å². The van der Waals surface area contributed by atoms with Gasteiger partial charge in [0.1, 0.15) is 5.75 Å². The zero-order valence-electron chi connectivity index (χ0n) is 11.1. The highest BCUT2D eigenvalue weighted by Gasteiger charge is 2.12. The maximum atomic E-state index is 11.4. The number of carbonyl (C=O) groups excluding carboxylic acids is 1. The number of Topliss-reactive ketones (excluding diaryl/α,β-unsaturated/α-hetero) is 1. The zero-order valence-corrected chi connectivity index (χ0v) is 12.7. The molecular weight excluding hydrogens is 292 g/mol. The number of carbonyl (C=O) groups is 1. The lowest BCUT2D eigenvalue weighted by Crippen LogP contribution is -1.96. The lowest BCUT2D eigenvalue weighted by Gasteiger charge is -2.09. The molecule has 0 bridgehead atoms. The standard InChI is InChI=1S/C16H15ClO2S/c1-11(18)15-8-14(17)7-13(16(15)19)10-20-9-12-5-3-2-4-6-12/h2-8,19H,9-10H2,1H3. The van der Waals surface area contributed by atoms with E-state index in [1.54, 1.807) is 17.8 Å². The number of thioether (sulfide) groups is 1. The third-order valence-corrected chi connectivity index (χ3v) is 4.17. The number of phenolic OH excluding ortho intramolecular Hbond substituents is 1. The summed E-state index contributed by atoms with van der Waals surface area (Å²) in [6, 6.07) is 13.3. The molecule has 20 heavy (non-hydrogen) atoms. The molecule has 1 N–H and O–H groups in total. The fourth-order valence-corrected chi connectivity index (χ4v) is 3.10. The molecule has 0 unspecified atom stereocenters.